The average Bonchev–Trinajstić information content (AvgIpc) is 2.60. The van der Waals surface area contributed by atoms with Gasteiger partial charge in [-0.1, -0.05) is 59.6 Å². The summed E-state index contributed by atoms with van der Waals surface area (Å²) in [5.74, 6) is -0.357. The van der Waals surface area contributed by atoms with Crippen molar-refractivity contribution in [1.82, 2.24) is 17.4 Å². The van der Waals surface area contributed by atoms with Crippen LogP contribution in [0, 0.1) is 0 Å². The molecular formula is C18H26Cl2N3O5P. The van der Waals surface area contributed by atoms with E-state index in [4.69, 9.17) is 28.0 Å². The Labute approximate surface area is 180 Å². The van der Waals surface area contributed by atoms with Crippen LogP contribution in [0.4, 0.5) is 0 Å². The molecule has 8 N–H and O–H groups in total. The van der Waals surface area contributed by atoms with Gasteiger partial charge in [0.05, 0.1) is 15.7 Å². The third-order valence-electron chi connectivity index (χ3n) is 3.92. The van der Waals surface area contributed by atoms with E-state index in [0.29, 0.717) is 10.6 Å². The topological polar surface area (TPSA) is 157 Å². The summed E-state index contributed by atoms with van der Waals surface area (Å²) in [7, 11) is -4.49. The number of hydroxylamine groups is 2. The van der Waals surface area contributed by atoms with E-state index in [1.807, 2.05) is 30.3 Å². The van der Waals surface area contributed by atoms with Gasteiger partial charge in [0, 0.05) is 13.5 Å². The summed E-state index contributed by atoms with van der Waals surface area (Å²) >= 11 is 11.8. The summed E-state index contributed by atoms with van der Waals surface area (Å²) in [6.45, 7) is 1.52. The zero-order chi connectivity index (χ0) is 20.0. The van der Waals surface area contributed by atoms with Crippen molar-refractivity contribution >= 4 is 36.7 Å². The predicted molar refractivity (Wildman–Crippen MR) is 115 cm³/mol. The van der Waals surface area contributed by atoms with Crippen molar-refractivity contribution in [3.8, 4) is 0 Å². The van der Waals surface area contributed by atoms with Crippen LogP contribution in [0.1, 0.15) is 30.1 Å². The fourth-order valence-electron chi connectivity index (χ4n) is 2.53. The molecule has 0 saturated heterocycles. The van der Waals surface area contributed by atoms with Crippen LogP contribution in [0.15, 0.2) is 48.5 Å². The molecule has 1 atom stereocenters. The summed E-state index contributed by atoms with van der Waals surface area (Å²) in [5.41, 5.74) is 0.0958. The van der Waals surface area contributed by atoms with Gasteiger partial charge in [0.1, 0.15) is 6.61 Å². The van der Waals surface area contributed by atoms with Crippen LogP contribution in [0.25, 0.3) is 0 Å². The summed E-state index contributed by atoms with van der Waals surface area (Å²) < 4.78 is 12.0. The first kappa shape index (κ1) is 27.5. The van der Waals surface area contributed by atoms with E-state index in [9.17, 15) is 19.1 Å². The van der Waals surface area contributed by atoms with Crippen LogP contribution in [0.3, 0.4) is 0 Å². The lowest BCUT2D eigenvalue weighted by atomic mass is 10.1. The first-order chi connectivity index (χ1) is 12.7. The number of benzene rings is 2. The SMILES string of the molecule is CC(=O)N(CCC(c1ccc(Cl)c(Cl)c1)P(=O)(O)O)OCc1ccccc1.N.N. The molecule has 0 spiro atoms. The fourth-order valence-corrected chi connectivity index (χ4v) is 3.84. The molecule has 0 saturated carbocycles. The van der Waals surface area contributed by atoms with E-state index in [1.54, 1.807) is 0 Å². The van der Waals surface area contributed by atoms with Crippen LogP contribution in [-0.2, 0) is 20.8 Å². The van der Waals surface area contributed by atoms with Gasteiger partial charge < -0.3 is 22.1 Å². The number of amides is 1. The highest BCUT2D eigenvalue weighted by Crippen LogP contribution is 2.54. The van der Waals surface area contributed by atoms with Crippen LogP contribution >= 0.6 is 30.8 Å². The Morgan fingerprint density at radius 2 is 1.72 bits per heavy atom. The van der Waals surface area contributed by atoms with Crippen molar-refractivity contribution in [2.75, 3.05) is 6.54 Å². The molecule has 0 heterocycles. The van der Waals surface area contributed by atoms with Crippen molar-refractivity contribution < 1.29 is 24.0 Å². The van der Waals surface area contributed by atoms with Gasteiger partial charge >= 0.3 is 7.60 Å². The van der Waals surface area contributed by atoms with E-state index in [2.05, 4.69) is 0 Å². The molecule has 8 nitrogen and oxygen atoms in total. The van der Waals surface area contributed by atoms with E-state index in [0.717, 1.165) is 10.6 Å². The van der Waals surface area contributed by atoms with Crippen LogP contribution in [0.5, 0.6) is 0 Å². The molecule has 0 fully saturated rings. The molecule has 0 aliphatic heterocycles. The van der Waals surface area contributed by atoms with E-state index in [-0.39, 0.29) is 42.8 Å². The van der Waals surface area contributed by atoms with Crippen molar-refractivity contribution in [2.45, 2.75) is 25.6 Å². The predicted octanol–water partition coefficient (Wildman–Crippen LogP) is 4.91. The lowest BCUT2D eigenvalue weighted by molar-refractivity contribution is -0.189. The standard InChI is InChI=1S/C18H20Cl2NO5P.2H3N/c1-13(22)21(26-12-14-5-3-2-4-6-14)10-9-18(27(23,24)25)15-7-8-16(19)17(20)11-15;;/h2-8,11,18H,9-10,12H2,1H3,(H2,23,24,25);2*1H3. The van der Waals surface area contributed by atoms with Gasteiger partial charge in [-0.3, -0.25) is 14.2 Å². The first-order valence-electron chi connectivity index (χ1n) is 8.13. The van der Waals surface area contributed by atoms with Crippen molar-refractivity contribution in [1.29, 1.82) is 0 Å². The van der Waals surface area contributed by atoms with Gasteiger partial charge in [0.15, 0.2) is 0 Å². The van der Waals surface area contributed by atoms with Gasteiger partial charge in [0.25, 0.3) is 0 Å². The Kier molecular flexibility index (Phi) is 11.6. The molecule has 0 aliphatic rings. The second kappa shape index (κ2) is 12.3. The third kappa shape index (κ3) is 8.42. The Bertz CT molecular complexity index is 836. The van der Waals surface area contributed by atoms with E-state index in [1.165, 1.54) is 25.1 Å². The molecule has 11 heteroatoms. The summed E-state index contributed by atoms with van der Waals surface area (Å²) in [6, 6.07) is 13.7. The smallest absolute Gasteiger partial charge is 0.333 e. The second-order valence-corrected chi connectivity index (χ2v) is 8.56. The van der Waals surface area contributed by atoms with Gasteiger partial charge in [0.2, 0.25) is 5.91 Å². The van der Waals surface area contributed by atoms with E-state index >= 15 is 0 Å². The number of halogens is 2. The van der Waals surface area contributed by atoms with Gasteiger partial charge in [-0.25, -0.2) is 5.06 Å². The summed E-state index contributed by atoms with van der Waals surface area (Å²) in [4.78, 5) is 36.8. The highest BCUT2D eigenvalue weighted by molar-refractivity contribution is 7.52. The highest BCUT2D eigenvalue weighted by Gasteiger charge is 2.31. The number of carbonyl (C=O) groups excluding carboxylic acids is 1. The maximum atomic E-state index is 12.0. The largest absolute Gasteiger partial charge is 0.344 e. The molecule has 2 aromatic rings. The quantitative estimate of drug-likeness (QED) is 0.318. The lowest BCUT2D eigenvalue weighted by Crippen LogP contribution is -2.30. The monoisotopic (exact) mass is 465 g/mol. The Morgan fingerprint density at radius 1 is 1.10 bits per heavy atom. The number of hydrogen-bond donors (Lipinski definition) is 4. The molecule has 2 aromatic carbocycles. The minimum Gasteiger partial charge on any atom is -0.344 e. The highest BCUT2D eigenvalue weighted by atomic mass is 35.5. The van der Waals surface area contributed by atoms with E-state index < -0.39 is 13.3 Å². The normalized spacial score (nSPS) is 11.8. The number of rotatable bonds is 8. The van der Waals surface area contributed by atoms with Gasteiger partial charge in [-0.2, -0.15) is 0 Å². The molecule has 0 aromatic heterocycles. The molecular weight excluding hydrogens is 440 g/mol. The Hall–Kier alpha value is -1.48. The number of carbonyl (C=O) groups is 1. The molecule has 29 heavy (non-hydrogen) atoms. The van der Waals surface area contributed by atoms with Crippen molar-refractivity contribution in [3.63, 3.8) is 0 Å². The number of hydrogen-bond acceptors (Lipinski definition) is 5. The molecule has 0 bridgehead atoms. The molecule has 162 valence electrons. The van der Waals surface area contributed by atoms with Crippen LogP contribution in [-0.4, -0.2) is 27.3 Å². The summed E-state index contributed by atoms with van der Waals surface area (Å²) in [5, 5.41) is 1.60. The minimum atomic E-state index is -4.49. The van der Waals surface area contributed by atoms with Crippen LogP contribution < -0.4 is 12.3 Å². The second-order valence-electron chi connectivity index (χ2n) is 5.95. The molecule has 2 rings (SSSR count). The zero-order valence-electron chi connectivity index (χ0n) is 16.0. The minimum absolute atomic E-state index is 0. The Balaban J connectivity index is 0.00000392. The Morgan fingerprint density at radius 3 is 2.24 bits per heavy atom. The first-order valence-corrected chi connectivity index (χ1v) is 10.6. The van der Waals surface area contributed by atoms with Gasteiger partial charge in [-0.15, -0.1) is 0 Å². The maximum Gasteiger partial charge on any atom is 0.333 e. The third-order valence-corrected chi connectivity index (χ3v) is 6.03. The zero-order valence-corrected chi connectivity index (χ0v) is 18.4. The lowest BCUT2D eigenvalue weighted by Gasteiger charge is -2.24. The number of nitrogens with zero attached hydrogens (tertiary/aromatic N) is 1. The summed E-state index contributed by atoms with van der Waals surface area (Å²) in [6.07, 6.45) is -0.00336. The van der Waals surface area contributed by atoms with Crippen molar-refractivity contribution in [2.24, 2.45) is 0 Å². The maximum absolute atomic E-state index is 12.0. The van der Waals surface area contributed by atoms with Gasteiger partial charge in [-0.05, 0) is 29.7 Å². The molecule has 0 aliphatic carbocycles. The van der Waals surface area contributed by atoms with Crippen molar-refractivity contribution in [3.05, 3.63) is 69.7 Å². The average molecular weight is 466 g/mol. The molecule has 1 amide bonds. The fraction of sp³-hybridized carbons (Fsp3) is 0.278. The van der Waals surface area contributed by atoms with Crippen LogP contribution in [0.2, 0.25) is 10.0 Å². The molecule has 0 radical (unpaired) electrons. The molecule has 1 unspecified atom stereocenters.